The van der Waals surface area contributed by atoms with E-state index in [0.29, 0.717) is 0 Å². The van der Waals surface area contributed by atoms with Gasteiger partial charge >= 0.3 is 0 Å². The van der Waals surface area contributed by atoms with Crippen LogP contribution in [0.2, 0.25) is 19.6 Å². The Morgan fingerprint density at radius 1 is 0.958 bits per heavy atom. The number of fused-ring (bicyclic) bond motifs is 3. The van der Waals surface area contributed by atoms with Crippen molar-refractivity contribution in [1.29, 1.82) is 0 Å². The molecule has 2 heterocycles. The molecule has 0 atom stereocenters. The Morgan fingerprint density at radius 3 is 2.42 bits per heavy atom. The van der Waals surface area contributed by atoms with Gasteiger partial charge in [0.2, 0.25) is 0 Å². The van der Waals surface area contributed by atoms with E-state index in [1.807, 2.05) is 36.5 Å². The average molecular weight is 509 g/mol. The van der Waals surface area contributed by atoms with Gasteiger partial charge in [0.1, 0.15) is 5.58 Å². The molecular weight excluding hydrogens is 491 g/mol. The quantitative estimate of drug-likeness (QED) is 0.282. The number of nitrogens with zero attached hydrogens (tertiary/aromatic N) is 1. The summed E-state index contributed by atoms with van der Waals surface area (Å²) in [5.74, 6) is 0. The van der Waals surface area contributed by atoms with E-state index in [-0.39, 0.29) is 20.1 Å². The van der Waals surface area contributed by atoms with E-state index in [9.17, 15) is 0 Å². The van der Waals surface area contributed by atoms with Crippen molar-refractivity contribution in [3.05, 3.63) is 60.8 Å². The second kappa shape index (κ2) is 6.28. The number of benzene rings is 2. The fourth-order valence-electron chi connectivity index (χ4n) is 3.19. The maximum atomic E-state index is 6.03. The van der Waals surface area contributed by atoms with E-state index < -0.39 is 8.07 Å². The predicted octanol–water partition coefficient (Wildman–Crippen LogP) is 4.99. The molecule has 123 valence electrons. The molecule has 0 saturated heterocycles. The molecule has 4 rings (SSSR count). The van der Waals surface area contributed by atoms with Gasteiger partial charge in [0.25, 0.3) is 0 Å². The molecule has 0 fully saturated rings. The van der Waals surface area contributed by atoms with E-state index in [2.05, 4.69) is 43.9 Å². The van der Waals surface area contributed by atoms with Gasteiger partial charge in [-0.05, 0) is 11.8 Å². The van der Waals surface area contributed by atoms with Crippen molar-refractivity contribution in [1.82, 2.24) is 4.98 Å². The largest absolute Gasteiger partial charge is 0.455 e. The van der Waals surface area contributed by atoms with Crippen molar-refractivity contribution in [3.8, 4) is 11.3 Å². The number of para-hydroxylation sites is 1. The summed E-state index contributed by atoms with van der Waals surface area (Å²) in [5, 5.41) is 3.75. The first-order valence-electron chi connectivity index (χ1n) is 7.83. The van der Waals surface area contributed by atoms with Crippen molar-refractivity contribution < 1.29 is 24.5 Å². The smallest absolute Gasteiger partial charge is 0.151 e. The zero-order valence-corrected chi connectivity index (χ0v) is 17.3. The monoisotopic (exact) mass is 509 g/mol. The molecule has 0 bridgehead atoms. The Balaban J connectivity index is 0.00000169. The number of furan rings is 1. The third kappa shape index (κ3) is 2.75. The van der Waals surface area contributed by atoms with Gasteiger partial charge in [0, 0.05) is 30.9 Å². The van der Waals surface area contributed by atoms with Crippen molar-refractivity contribution >= 4 is 35.2 Å². The zero-order valence-electron chi connectivity index (χ0n) is 13.9. The molecular formula is C20H18IrNOSi-. The Labute approximate surface area is 156 Å². The maximum Gasteiger partial charge on any atom is 0.151 e. The summed E-state index contributed by atoms with van der Waals surface area (Å²) >= 11 is 0. The second-order valence-corrected chi connectivity index (χ2v) is 11.8. The molecule has 0 aliphatic carbocycles. The molecule has 4 aromatic rings. The second-order valence-electron chi connectivity index (χ2n) is 6.85. The summed E-state index contributed by atoms with van der Waals surface area (Å²) in [6.45, 7) is 7.08. The minimum atomic E-state index is -1.65. The third-order valence-corrected chi connectivity index (χ3v) is 6.12. The average Bonchev–Trinajstić information content (AvgIpc) is 2.92. The van der Waals surface area contributed by atoms with Gasteiger partial charge in [-0.2, -0.15) is 0 Å². The Morgan fingerprint density at radius 2 is 1.71 bits per heavy atom. The van der Waals surface area contributed by atoms with E-state index in [0.717, 1.165) is 22.4 Å². The van der Waals surface area contributed by atoms with Crippen LogP contribution in [0.4, 0.5) is 0 Å². The van der Waals surface area contributed by atoms with Crippen LogP contribution in [0.25, 0.3) is 33.2 Å². The van der Waals surface area contributed by atoms with Crippen molar-refractivity contribution in [2.75, 3.05) is 0 Å². The number of rotatable bonds is 2. The topological polar surface area (TPSA) is 26.0 Å². The molecule has 4 heteroatoms. The van der Waals surface area contributed by atoms with Crippen LogP contribution in [0.5, 0.6) is 0 Å². The number of hydrogen-bond donors (Lipinski definition) is 0. The van der Waals surface area contributed by atoms with Crippen LogP contribution in [0.15, 0.2) is 59.1 Å². The van der Waals surface area contributed by atoms with Crippen LogP contribution in [0.1, 0.15) is 0 Å². The minimum Gasteiger partial charge on any atom is -0.455 e. The van der Waals surface area contributed by atoms with Gasteiger partial charge in [-0.15, -0.1) is 35.9 Å². The van der Waals surface area contributed by atoms with Crippen LogP contribution in [0.3, 0.4) is 0 Å². The van der Waals surface area contributed by atoms with Crippen molar-refractivity contribution in [2.45, 2.75) is 19.6 Å². The van der Waals surface area contributed by atoms with Crippen molar-refractivity contribution in [2.24, 2.45) is 0 Å². The number of hydrogen-bond acceptors (Lipinski definition) is 2. The molecule has 0 N–H and O–H groups in total. The third-order valence-electron chi connectivity index (χ3n) is 4.13. The van der Waals surface area contributed by atoms with Crippen LogP contribution in [-0.2, 0) is 20.1 Å². The van der Waals surface area contributed by atoms with Gasteiger partial charge in [-0.3, -0.25) is 0 Å². The molecule has 2 aromatic carbocycles. The van der Waals surface area contributed by atoms with Crippen LogP contribution in [-0.4, -0.2) is 13.1 Å². The Hall–Kier alpha value is -1.74. The predicted molar refractivity (Wildman–Crippen MR) is 98.8 cm³/mol. The number of aromatic nitrogens is 1. The number of pyridine rings is 1. The Kier molecular flexibility index (Phi) is 4.47. The normalized spacial score (nSPS) is 11.6. The summed E-state index contributed by atoms with van der Waals surface area (Å²) in [4.78, 5) is 4.75. The summed E-state index contributed by atoms with van der Waals surface area (Å²) in [6, 6.07) is 19.6. The van der Waals surface area contributed by atoms with Crippen LogP contribution in [0, 0.1) is 6.07 Å². The van der Waals surface area contributed by atoms with Crippen molar-refractivity contribution in [3.63, 3.8) is 0 Å². The van der Waals surface area contributed by atoms with Gasteiger partial charge in [0.05, 0.1) is 14.3 Å². The molecule has 1 radical (unpaired) electrons. The Bertz CT molecular complexity index is 1000. The molecule has 2 aromatic heterocycles. The molecule has 2 nitrogen and oxygen atoms in total. The standard InChI is InChI=1S/C20H18NOSi.Ir/c1-23(2,3)20-18-15-11-7-8-12-16(15)22-17(18)13-21-19(20)14-9-5-4-6-10-14;/h4-9,11-13H,1-3H3;/q-1;. The molecule has 0 aliphatic heterocycles. The molecule has 0 amide bonds. The SMILES string of the molecule is C[Si](C)(C)c1c(-c2[c-]cccc2)ncc2oc3ccccc3c12.[Ir]. The van der Waals surface area contributed by atoms with Crippen LogP contribution < -0.4 is 5.19 Å². The van der Waals surface area contributed by atoms with Gasteiger partial charge in [-0.25, -0.2) is 0 Å². The fraction of sp³-hybridized carbons (Fsp3) is 0.150. The summed E-state index contributed by atoms with van der Waals surface area (Å²) < 4.78 is 6.03. The maximum absolute atomic E-state index is 6.03. The summed E-state index contributed by atoms with van der Waals surface area (Å²) in [5.41, 5.74) is 3.90. The molecule has 0 saturated carbocycles. The van der Waals surface area contributed by atoms with E-state index >= 15 is 0 Å². The fourth-order valence-corrected chi connectivity index (χ4v) is 5.11. The van der Waals surface area contributed by atoms with Gasteiger partial charge in [-0.1, -0.05) is 43.0 Å². The molecule has 0 spiro atoms. The molecule has 0 unspecified atom stereocenters. The minimum absolute atomic E-state index is 0. The molecule has 24 heavy (non-hydrogen) atoms. The first kappa shape index (κ1) is 17.1. The molecule has 0 aliphatic rings. The zero-order chi connectivity index (χ0) is 16.0. The summed E-state index contributed by atoms with van der Waals surface area (Å²) in [7, 11) is -1.65. The first-order valence-corrected chi connectivity index (χ1v) is 11.3. The van der Waals surface area contributed by atoms with E-state index in [4.69, 9.17) is 9.40 Å². The van der Waals surface area contributed by atoms with Crippen LogP contribution >= 0.6 is 0 Å². The van der Waals surface area contributed by atoms with Gasteiger partial charge < -0.3 is 9.40 Å². The van der Waals surface area contributed by atoms with Gasteiger partial charge in [0.15, 0.2) is 5.58 Å². The van der Waals surface area contributed by atoms with E-state index in [1.165, 1.54) is 16.0 Å². The van der Waals surface area contributed by atoms with E-state index in [1.54, 1.807) is 0 Å². The summed E-state index contributed by atoms with van der Waals surface area (Å²) in [6.07, 6.45) is 1.86. The first-order chi connectivity index (χ1) is 11.1.